The molecule has 2 rings (SSSR count). The fraction of sp³-hybridized carbons (Fsp3) is 0.538. The van der Waals surface area contributed by atoms with Gasteiger partial charge >= 0.3 is 0 Å². The fourth-order valence-electron chi connectivity index (χ4n) is 1.77. The first-order valence-corrected chi connectivity index (χ1v) is 6.45. The van der Waals surface area contributed by atoms with Gasteiger partial charge in [-0.3, -0.25) is 0 Å². The van der Waals surface area contributed by atoms with Crippen LogP contribution in [0.2, 0.25) is 5.02 Å². The van der Waals surface area contributed by atoms with Gasteiger partial charge in [0.2, 0.25) is 0 Å². The van der Waals surface area contributed by atoms with E-state index in [0.29, 0.717) is 11.1 Å². The lowest BCUT2D eigenvalue weighted by atomic mass is 10.2. The average Bonchev–Trinajstić information content (AvgIpc) is 3.10. The van der Waals surface area contributed by atoms with E-state index >= 15 is 0 Å². The van der Waals surface area contributed by atoms with Gasteiger partial charge in [0.1, 0.15) is 0 Å². The molecule has 0 atom stereocenters. The summed E-state index contributed by atoms with van der Waals surface area (Å²) in [6.45, 7) is 0.457. The van der Waals surface area contributed by atoms with Crippen molar-refractivity contribution in [2.75, 3.05) is 18.5 Å². The van der Waals surface area contributed by atoms with Crippen LogP contribution in [0.3, 0.4) is 0 Å². The molecule has 1 saturated carbocycles. The van der Waals surface area contributed by atoms with Crippen LogP contribution in [0.15, 0.2) is 18.2 Å². The van der Waals surface area contributed by atoms with Crippen LogP contribution >= 0.6 is 11.6 Å². The first-order valence-electron chi connectivity index (χ1n) is 6.07. The van der Waals surface area contributed by atoms with Gasteiger partial charge in [0.25, 0.3) is 6.43 Å². The summed E-state index contributed by atoms with van der Waals surface area (Å²) in [7, 11) is 1.64. The van der Waals surface area contributed by atoms with Gasteiger partial charge in [0.15, 0.2) is 0 Å². The average molecular weight is 275 g/mol. The van der Waals surface area contributed by atoms with Crippen LogP contribution in [-0.4, -0.2) is 26.1 Å². The molecule has 1 aliphatic rings. The Labute approximate surface area is 111 Å². The normalized spacial score (nSPS) is 15.2. The van der Waals surface area contributed by atoms with Crippen molar-refractivity contribution in [2.45, 2.75) is 31.9 Å². The van der Waals surface area contributed by atoms with Gasteiger partial charge < -0.3 is 10.2 Å². The first-order chi connectivity index (χ1) is 8.56. The Morgan fingerprint density at radius 3 is 2.72 bits per heavy atom. The van der Waals surface area contributed by atoms with Gasteiger partial charge in [0.05, 0.1) is 6.54 Å². The van der Waals surface area contributed by atoms with Gasteiger partial charge in [0, 0.05) is 30.3 Å². The summed E-state index contributed by atoms with van der Waals surface area (Å²) in [5.41, 5.74) is 1.73. The molecule has 1 fully saturated rings. The van der Waals surface area contributed by atoms with Crippen molar-refractivity contribution in [2.24, 2.45) is 0 Å². The molecule has 1 N–H and O–H groups in total. The maximum Gasteiger partial charge on any atom is 0.255 e. The van der Waals surface area contributed by atoms with Crippen LogP contribution in [0.1, 0.15) is 18.4 Å². The molecule has 18 heavy (non-hydrogen) atoms. The van der Waals surface area contributed by atoms with E-state index in [0.717, 1.165) is 17.8 Å². The smallest absolute Gasteiger partial charge is 0.255 e. The second-order valence-corrected chi connectivity index (χ2v) is 5.11. The van der Waals surface area contributed by atoms with E-state index in [4.69, 9.17) is 11.6 Å². The van der Waals surface area contributed by atoms with Crippen LogP contribution in [0.25, 0.3) is 0 Å². The number of benzene rings is 1. The second-order valence-electron chi connectivity index (χ2n) is 4.70. The summed E-state index contributed by atoms with van der Waals surface area (Å²) in [4.78, 5) is 1.51. The molecular weight excluding hydrogens is 258 g/mol. The highest BCUT2D eigenvalue weighted by molar-refractivity contribution is 6.31. The molecule has 1 aliphatic carbocycles. The zero-order valence-corrected chi connectivity index (χ0v) is 11.1. The van der Waals surface area contributed by atoms with E-state index in [9.17, 15) is 8.78 Å². The zero-order valence-electron chi connectivity index (χ0n) is 10.3. The molecule has 0 spiro atoms. The summed E-state index contributed by atoms with van der Waals surface area (Å²) in [5.74, 6) is 0. The van der Waals surface area contributed by atoms with Crippen molar-refractivity contribution in [1.82, 2.24) is 5.32 Å². The molecular formula is C13H17ClF2N2. The third-order valence-electron chi connectivity index (χ3n) is 3.05. The maximum atomic E-state index is 12.3. The van der Waals surface area contributed by atoms with Crippen molar-refractivity contribution in [3.05, 3.63) is 28.8 Å². The molecule has 0 unspecified atom stereocenters. The Morgan fingerprint density at radius 1 is 1.44 bits per heavy atom. The number of halogens is 3. The molecule has 1 aromatic carbocycles. The highest BCUT2D eigenvalue weighted by Gasteiger charge is 2.20. The van der Waals surface area contributed by atoms with Gasteiger partial charge in [-0.15, -0.1) is 0 Å². The van der Waals surface area contributed by atoms with E-state index in [1.54, 1.807) is 13.1 Å². The summed E-state index contributed by atoms with van der Waals surface area (Å²) < 4.78 is 24.6. The SMILES string of the molecule is CN(CC(F)F)c1ccc(CNC2CC2)c(Cl)c1. The number of anilines is 1. The predicted molar refractivity (Wildman–Crippen MR) is 70.6 cm³/mol. The summed E-state index contributed by atoms with van der Waals surface area (Å²) in [6, 6.07) is 6.10. The van der Waals surface area contributed by atoms with E-state index in [-0.39, 0.29) is 6.54 Å². The number of hydrogen-bond acceptors (Lipinski definition) is 2. The largest absolute Gasteiger partial charge is 0.369 e. The van der Waals surface area contributed by atoms with Crippen LogP contribution in [-0.2, 0) is 6.54 Å². The molecule has 0 heterocycles. The van der Waals surface area contributed by atoms with E-state index in [2.05, 4.69) is 5.32 Å². The van der Waals surface area contributed by atoms with E-state index in [1.165, 1.54) is 17.7 Å². The van der Waals surface area contributed by atoms with Crippen LogP contribution in [0, 0.1) is 0 Å². The third kappa shape index (κ3) is 3.82. The minimum atomic E-state index is -2.34. The van der Waals surface area contributed by atoms with Gasteiger partial charge in [-0.05, 0) is 30.5 Å². The molecule has 0 bridgehead atoms. The van der Waals surface area contributed by atoms with Crippen LogP contribution in [0.4, 0.5) is 14.5 Å². The van der Waals surface area contributed by atoms with E-state index < -0.39 is 6.43 Å². The lowest BCUT2D eigenvalue weighted by molar-refractivity contribution is 0.156. The Hall–Kier alpha value is -0.870. The zero-order chi connectivity index (χ0) is 13.1. The van der Waals surface area contributed by atoms with Crippen molar-refractivity contribution in [3.8, 4) is 0 Å². The first kappa shape index (κ1) is 13.6. The molecule has 0 aromatic heterocycles. The summed E-state index contributed by atoms with van der Waals surface area (Å²) in [6.07, 6.45) is 0.115. The van der Waals surface area contributed by atoms with Crippen LogP contribution in [0.5, 0.6) is 0 Å². The van der Waals surface area contributed by atoms with Crippen molar-refractivity contribution in [1.29, 1.82) is 0 Å². The number of nitrogens with zero attached hydrogens (tertiary/aromatic N) is 1. The molecule has 5 heteroatoms. The Balaban J connectivity index is 1.98. The van der Waals surface area contributed by atoms with E-state index in [1.807, 2.05) is 12.1 Å². The molecule has 0 aliphatic heterocycles. The highest BCUT2D eigenvalue weighted by Crippen LogP contribution is 2.25. The van der Waals surface area contributed by atoms with Crippen molar-refractivity contribution < 1.29 is 8.78 Å². The van der Waals surface area contributed by atoms with Crippen molar-refractivity contribution >= 4 is 17.3 Å². The van der Waals surface area contributed by atoms with Crippen LogP contribution < -0.4 is 10.2 Å². The van der Waals surface area contributed by atoms with Gasteiger partial charge in [-0.25, -0.2) is 8.78 Å². The Bertz CT molecular complexity index is 408. The Kier molecular flexibility index (Phi) is 4.40. The Morgan fingerprint density at radius 2 is 2.17 bits per heavy atom. The molecule has 1 aromatic rings. The second kappa shape index (κ2) is 5.85. The molecule has 0 amide bonds. The lowest BCUT2D eigenvalue weighted by Crippen LogP contribution is -2.24. The lowest BCUT2D eigenvalue weighted by Gasteiger charge is -2.19. The topological polar surface area (TPSA) is 15.3 Å². The summed E-state index contributed by atoms with van der Waals surface area (Å²) in [5, 5.41) is 4.00. The molecule has 0 saturated heterocycles. The number of rotatable bonds is 6. The highest BCUT2D eigenvalue weighted by atomic mass is 35.5. The standard InChI is InChI=1S/C13H17ClF2N2/c1-18(8-13(15)16)11-5-2-9(12(14)6-11)7-17-10-3-4-10/h2,5-6,10,13,17H,3-4,7-8H2,1H3. The molecule has 0 radical (unpaired) electrons. The monoisotopic (exact) mass is 274 g/mol. The van der Waals surface area contributed by atoms with Gasteiger partial charge in [-0.1, -0.05) is 17.7 Å². The van der Waals surface area contributed by atoms with Crippen molar-refractivity contribution in [3.63, 3.8) is 0 Å². The number of alkyl halides is 2. The molecule has 2 nitrogen and oxygen atoms in total. The molecule has 100 valence electrons. The number of nitrogens with one attached hydrogen (secondary N) is 1. The van der Waals surface area contributed by atoms with Gasteiger partial charge in [-0.2, -0.15) is 0 Å². The summed E-state index contributed by atoms with van der Waals surface area (Å²) >= 11 is 6.16. The fourth-order valence-corrected chi connectivity index (χ4v) is 2.01. The number of hydrogen-bond donors (Lipinski definition) is 1. The minimum absolute atomic E-state index is 0.282. The quantitative estimate of drug-likeness (QED) is 0.856. The minimum Gasteiger partial charge on any atom is -0.369 e. The predicted octanol–water partition coefficient (Wildman–Crippen LogP) is 3.29. The maximum absolute atomic E-state index is 12.3. The third-order valence-corrected chi connectivity index (χ3v) is 3.40.